The van der Waals surface area contributed by atoms with Gasteiger partial charge in [-0.1, -0.05) is 41.9 Å². The number of aliphatic hydroxyl groups excluding tert-OH is 1. The largest absolute Gasteiger partial charge is 0.479 e. The zero-order valence-corrected chi connectivity index (χ0v) is 21.8. The van der Waals surface area contributed by atoms with Crippen molar-refractivity contribution in [3.05, 3.63) is 93.8 Å². The summed E-state index contributed by atoms with van der Waals surface area (Å²) in [6, 6.07) is 14.9. The van der Waals surface area contributed by atoms with Crippen molar-refractivity contribution in [2.24, 2.45) is 0 Å². The molecule has 0 aromatic heterocycles. The SMILES string of the molecule is Cc1cc(Cl)ccc1C1(Oc2ccc(NC(=O)Cc3ccc(C(F)(F)C(C)O)cc3)cc2F)CCOCC1. The molecule has 1 heterocycles. The minimum atomic E-state index is -3.39. The Morgan fingerprint density at radius 1 is 1.13 bits per heavy atom. The Balaban J connectivity index is 1.45. The van der Waals surface area contributed by atoms with Crippen LogP contribution in [0.4, 0.5) is 18.9 Å². The maximum atomic E-state index is 15.1. The van der Waals surface area contributed by atoms with Gasteiger partial charge in [0.15, 0.2) is 11.6 Å². The van der Waals surface area contributed by atoms with Crippen LogP contribution in [0.5, 0.6) is 5.75 Å². The smallest absolute Gasteiger partial charge is 0.298 e. The maximum Gasteiger partial charge on any atom is 0.298 e. The number of carbonyl (C=O) groups excluding carboxylic acids is 1. The van der Waals surface area contributed by atoms with Gasteiger partial charge in [0, 0.05) is 35.2 Å². The van der Waals surface area contributed by atoms with Gasteiger partial charge in [-0.2, -0.15) is 8.78 Å². The topological polar surface area (TPSA) is 67.8 Å². The van der Waals surface area contributed by atoms with E-state index in [-0.39, 0.29) is 23.4 Å². The quantitative estimate of drug-likeness (QED) is 0.337. The molecule has 9 heteroatoms. The van der Waals surface area contributed by atoms with Crippen molar-refractivity contribution < 1.29 is 32.5 Å². The van der Waals surface area contributed by atoms with Crippen molar-refractivity contribution in [2.75, 3.05) is 18.5 Å². The summed E-state index contributed by atoms with van der Waals surface area (Å²) in [6.07, 6.45) is -0.862. The van der Waals surface area contributed by atoms with E-state index in [2.05, 4.69) is 5.32 Å². The molecule has 5 nitrogen and oxygen atoms in total. The first-order valence-electron chi connectivity index (χ1n) is 12.3. The predicted molar refractivity (Wildman–Crippen MR) is 139 cm³/mol. The molecule has 0 bridgehead atoms. The fourth-order valence-electron chi connectivity index (χ4n) is 4.61. The lowest BCUT2D eigenvalue weighted by molar-refractivity contribution is -0.115. The summed E-state index contributed by atoms with van der Waals surface area (Å²) in [4.78, 5) is 12.5. The summed E-state index contributed by atoms with van der Waals surface area (Å²) in [7, 11) is 0. The van der Waals surface area contributed by atoms with E-state index in [9.17, 15) is 18.7 Å². The van der Waals surface area contributed by atoms with E-state index in [1.165, 1.54) is 36.4 Å². The fraction of sp³-hybridized carbons (Fsp3) is 0.345. The molecule has 3 aromatic rings. The van der Waals surface area contributed by atoms with E-state index in [0.717, 1.165) is 18.1 Å². The number of benzene rings is 3. The Bertz CT molecular complexity index is 1290. The Morgan fingerprint density at radius 3 is 2.42 bits per heavy atom. The molecule has 1 aliphatic heterocycles. The average Bonchev–Trinajstić information content (AvgIpc) is 2.86. The molecule has 3 aromatic carbocycles. The first kappa shape index (κ1) is 28.0. The maximum absolute atomic E-state index is 15.1. The molecule has 1 fully saturated rings. The minimum Gasteiger partial charge on any atom is -0.479 e. The van der Waals surface area contributed by atoms with Crippen molar-refractivity contribution in [1.29, 1.82) is 0 Å². The third kappa shape index (κ3) is 6.14. The van der Waals surface area contributed by atoms with Crippen molar-refractivity contribution >= 4 is 23.2 Å². The van der Waals surface area contributed by atoms with Crippen LogP contribution in [0.1, 0.15) is 42.0 Å². The summed E-state index contributed by atoms with van der Waals surface area (Å²) in [5, 5.41) is 12.5. The van der Waals surface area contributed by atoms with Crippen LogP contribution in [0.25, 0.3) is 0 Å². The van der Waals surface area contributed by atoms with Gasteiger partial charge < -0.3 is 19.9 Å². The van der Waals surface area contributed by atoms with Gasteiger partial charge in [0.1, 0.15) is 11.7 Å². The Morgan fingerprint density at radius 2 is 1.82 bits per heavy atom. The highest BCUT2D eigenvalue weighted by Crippen LogP contribution is 2.40. The van der Waals surface area contributed by atoms with Crippen molar-refractivity contribution in [3.8, 4) is 5.75 Å². The second-order valence-electron chi connectivity index (χ2n) is 9.53. The van der Waals surface area contributed by atoms with E-state index < -0.39 is 29.4 Å². The Labute approximate surface area is 224 Å². The molecule has 0 aliphatic carbocycles. The van der Waals surface area contributed by atoms with E-state index in [1.54, 1.807) is 12.1 Å². The van der Waals surface area contributed by atoms with Gasteiger partial charge in [-0.25, -0.2) is 4.39 Å². The van der Waals surface area contributed by atoms with Crippen LogP contribution in [-0.2, 0) is 27.5 Å². The lowest BCUT2D eigenvalue weighted by Gasteiger charge is -2.39. The number of halogens is 4. The summed E-state index contributed by atoms with van der Waals surface area (Å²) in [5.74, 6) is -4.41. The second kappa shape index (κ2) is 11.4. The molecule has 1 saturated heterocycles. The third-order valence-corrected chi connectivity index (χ3v) is 6.96. The third-order valence-electron chi connectivity index (χ3n) is 6.73. The fourth-order valence-corrected chi connectivity index (χ4v) is 4.84. The van der Waals surface area contributed by atoms with Crippen LogP contribution in [-0.4, -0.2) is 30.3 Å². The number of aliphatic hydroxyl groups is 1. The molecular weight excluding hydrogens is 519 g/mol. The van der Waals surface area contributed by atoms with Crippen molar-refractivity contribution in [3.63, 3.8) is 0 Å². The molecule has 2 N–H and O–H groups in total. The number of aryl methyl sites for hydroxylation is 1. The van der Waals surface area contributed by atoms with E-state index in [0.29, 0.717) is 36.6 Å². The van der Waals surface area contributed by atoms with E-state index in [4.69, 9.17) is 21.1 Å². The van der Waals surface area contributed by atoms with Gasteiger partial charge >= 0.3 is 0 Å². The number of carbonyl (C=O) groups is 1. The van der Waals surface area contributed by atoms with Gasteiger partial charge in [-0.3, -0.25) is 4.79 Å². The number of anilines is 1. The van der Waals surface area contributed by atoms with Crippen LogP contribution in [0.2, 0.25) is 5.02 Å². The molecule has 1 atom stereocenters. The summed E-state index contributed by atoms with van der Waals surface area (Å²) >= 11 is 6.13. The molecule has 0 saturated carbocycles. The van der Waals surface area contributed by atoms with Gasteiger partial charge in [0.05, 0.1) is 19.6 Å². The first-order chi connectivity index (χ1) is 18.0. The standard InChI is InChI=1S/C29H29ClF3NO4/c1-18-15-22(30)7-9-24(18)28(11-13-37-14-12-28)38-26-10-8-23(17-25(26)31)34-27(36)16-20-3-5-21(6-4-20)29(32,33)19(2)35/h3-10,15,17,19,35H,11-14,16H2,1-2H3,(H,34,36). The molecule has 1 aliphatic rings. The summed E-state index contributed by atoms with van der Waals surface area (Å²) < 4.78 is 54.9. The van der Waals surface area contributed by atoms with E-state index >= 15 is 4.39 Å². The number of nitrogens with one attached hydrogen (secondary N) is 1. The molecule has 202 valence electrons. The highest BCUT2D eigenvalue weighted by molar-refractivity contribution is 6.30. The lowest BCUT2D eigenvalue weighted by Crippen LogP contribution is -2.40. The molecule has 0 spiro atoms. The zero-order valence-electron chi connectivity index (χ0n) is 21.1. The van der Waals surface area contributed by atoms with Gasteiger partial charge in [-0.15, -0.1) is 0 Å². The van der Waals surface area contributed by atoms with Gasteiger partial charge in [-0.05, 0) is 54.8 Å². The normalized spacial score (nSPS) is 16.1. The number of ether oxygens (including phenoxy) is 2. The minimum absolute atomic E-state index is 0.0499. The van der Waals surface area contributed by atoms with Crippen LogP contribution in [0, 0.1) is 12.7 Å². The second-order valence-corrected chi connectivity index (χ2v) is 9.97. The highest BCUT2D eigenvalue weighted by atomic mass is 35.5. The number of hydrogen-bond acceptors (Lipinski definition) is 4. The number of amides is 1. The molecule has 38 heavy (non-hydrogen) atoms. The Hall–Kier alpha value is -3.07. The summed E-state index contributed by atoms with van der Waals surface area (Å²) in [5.41, 5.74) is 1.46. The highest BCUT2D eigenvalue weighted by Gasteiger charge is 2.39. The van der Waals surface area contributed by atoms with Crippen LogP contribution in [0.3, 0.4) is 0 Å². The Kier molecular flexibility index (Phi) is 8.35. The van der Waals surface area contributed by atoms with Crippen molar-refractivity contribution in [1.82, 2.24) is 0 Å². The molecule has 1 unspecified atom stereocenters. The lowest BCUT2D eigenvalue weighted by atomic mass is 9.83. The van der Waals surface area contributed by atoms with Gasteiger partial charge in [0.2, 0.25) is 5.91 Å². The zero-order chi connectivity index (χ0) is 27.5. The molecular formula is C29H29ClF3NO4. The predicted octanol–water partition coefficient (Wildman–Crippen LogP) is 6.53. The average molecular weight is 548 g/mol. The monoisotopic (exact) mass is 547 g/mol. The first-order valence-corrected chi connectivity index (χ1v) is 12.7. The van der Waals surface area contributed by atoms with Crippen LogP contribution < -0.4 is 10.1 Å². The molecule has 0 radical (unpaired) electrons. The van der Waals surface area contributed by atoms with E-state index in [1.807, 2.05) is 19.1 Å². The number of hydrogen-bond donors (Lipinski definition) is 2. The molecule has 4 rings (SSSR count). The van der Waals surface area contributed by atoms with Gasteiger partial charge in [0.25, 0.3) is 5.92 Å². The summed E-state index contributed by atoms with van der Waals surface area (Å²) in [6.45, 7) is 3.88. The van der Waals surface area contributed by atoms with Crippen molar-refractivity contribution in [2.45, 2.75) is 50.7 Å². The van der Waals surface area contributed by atoms with Crippen LogP contribution in [0.15, 0.2) is 60.7 Å². The van der Waals surface area contributed by atoms with Crippen LogP contribution >= 0.6 is 11.6 Å². The number of rotatable bonds is 8. The number of alkyl halides is 2. The molecule has 1 amide bonds.